The summed E-state index contributed by atoms with van der Waals surface area (Å²) in [5, 5.41) is 0.442. The van der Waals surface area contributed by atoms with Crippen molar-refractivity contribution in [3.05, 3.63) is 45.5 Å². The van der Waals surface area contributed by atoms with E-state index >= 15 is 0 Å². The van der Waals surface area contributed by atoms with E-state index in [-0.39, 0.29) is 5.78 Å². The summed E-state index contributed by atoms with van der Waals surface area (Å²) in [7, 11) is -0.482. The fourth-order valence-corrected chi connectivity index (χ4v) is 3.29. The second-order valence-corrected chi connectivity index (χ2v) is 8.47. The Bertz CT molecular complexity index is 726. The number of ketones is 1. The largest absolute Gasteiger partial charge is 0.507 e. The molecule has 0 radical (unpaired) electrons. The molecule has 0 atom stereocenters. The average molecular weight is 394 g/mol. The van der Waals surface area contributed by atoms with Crippen LogP contribution in [0.15, 0.2) is 34.9 Å². The van der Waals surface area contributed by atoms with Crippen molar-refractivity contribution < 1.29 is 14.1 Å². The molecule has 3 rings (SSSR count). The number of carbonyl (C=O) groups is 1. The van der Waals surface area contributed by atoms with Gasteiger partial charge >= 0.3 is 7.12 Å². The maximum absolute atomic E-state index is 12.5. The molecule has 4 nitrogen and oxygen atoms in total. The van der Waals surface area contributed by atoms with E-state index in [9.17, 15) is 4.79 Å². The highest BCUT2D eigenvalue weighted by Crippen LogP contribution is 2.36. The van der Waals surface area contributed by atoms with Crippen LogP contribution in [0.3, 0.4) is 0 Å². The van der Waals surface area contributed by atoms with Crippen molar-refractivity contribution >= 4 is 44.9 Å². The minimum absolute atomic E-state index is 0.0923. The Kier molecular flexibility index (Phi) is 4.25. The van der Waals surface area contributed by atoms with Gasteiger partial charge in [0.1, 0.15) is 0 Å². The van der Waals surface area contributed by atoms with E-state index in [0.717, 1.165) is 9.25 Å². The summed E-state index contributed by atoms with van der Waals surface area (Å²) in [6, 6.07) is 7.25. The SMILES string of the molecule is CC1(C)OB(c2cnc(C(=O)c3ccc(Br)cc3)s2)OC1(C)C. The van der Waals surface area contributed by atoms with Crippen molar-refractivity contribution in [1.82, 2.24) is 4.98 Å². The van der Waals surface area contributed by atoms with Crippen molar-refractivity contribution in [1.29, 1.82) is 0 Å². The molecule has 1 aromatic heterocycles. The summed E-state index contributed by atoms with van der Waals surface area (Å²) in [5.74, 6) is -0.0923. The Labute approximate surface area is 148 Å². The molecule has 2 aromatic rings. The van der Waals surface area contributed by atoms with E-state index in [2.05, 4.69) is 20.9 Å². The number of aromatic nitrogens is 1. The van der Waals surface area contributed by atoms with Crippen LogP contribution >= 0.6 is 27.3 Å². The fourth-order valence-electron chi connectivity index (χ4n) is 2.18. The minimum atomic E-state index is -0.482. The van der Waals surface area contributed by atoms with E-state index in [0.29, 0.717) is 10.6 Å². The third kappa shape index (κ3) is 3.15. The van der Waals surface area contributed by atoms with Gasteiger partial charge in [-0.2, -0.15) is 0 Å². The summed E-state index contributed by atoms with van der Waals surface area (Å²) in [4.78, 5) is 16.7. The number of thiazole rings is 1. The second-order valence-electron chi connectivity index (χ2n) is 6.49. The number of rotatable bonds is 3. The van der Waals surface area contributed by atoms with Gasteiger partial charge in [0.05, 0.1) is 16.0 Å². The van der Waals surface area contributed by atoms with Gasteiger partial charge in [-0.3, -0.25) is 4.79 Å². The first kappa shape index (κ1) is 16.8. The lowest BCUT2D eigenvalue weighted by atomic mass is 9.89. The van der Waals surface area contributed by atoms with Crippen molar-refractivity contribution in [2.24, 2.45) is 0 Å². The van der Waals surface area contributed by atoms with Crippen LogP contribution in [0.5, 0.6) is 0 Å². The van der Waals surface area contributed by atoms with E-state index < -0.39 is 18.3 Å². The van der Waals surface area contributed by atoms with Crippen LogP contribution < -0.4 is 4.78 Å². The summed E-state index contributed by atoms with van der Waals surface area (Å²) in [6.45, 7) is 8.01. The third-order valence-corrected chi connectivity index (χ3v) is 5.86. The molecule has 0 bridgehead atoms. The number of carbonyl (C=O) groups excluding carboxylic acids is 1. The molecule has 1 aliphatic rings. The normalized spacial score (nSPS) is 19.1. The molecule has 7 heteroatoms. The maximum Gasteiger partial charge on any atom is 0.507 e. The van der Waals surface area contributed by atoms with Crippen LogP contribution in [0.4, 0.5) is 0 Å². The summed E-state index contributed by atoms with van der Waals surface area (Å²) < 4.78 is 13.7. The predicted octanol–water partition coefficient (Wildman–Crippen LogP) is 3.44. The van der Waals surface area contributed by atoms with Crippen LogP contribution in [-0.2, 0) is 9.31 Å². The summed E-state index contributed by atoms with van der Waals surface area (Å²) in [6.07, 6.45) is 1.67. The molecule has 1 aliphatic heterocycles. The van der Waals surface area contributed by atoms with Gasteiger partial charge in [0.2, 0.25) is 5.78 Å². The topological polar surface area (TPSA) is 48.4 Å². The van der Waals surface area contributed by atoms with Gasteiger partial charge in [0, 0.05) is 16.2 Å². The molecule has 120 valence electrons. The van der Waals surface area contributed by atoms with Crippen molar-refractivity contribution in [2.45, 2.75) is 38.9 Å². The Morgan fingerprint density at radius 2 is 1.70 bits per heavy atom. The Hall–Kier alpha value is -1.02. The van der Waals surface area contributed by atoms with Crippen LogP contribution in [0.2, 0.25) is 0 Å². The highest BCUT2D eigenvalue weighted by Gasteiger charge is 2.52. The van der Waals surface area contributed by atoms with Crippen molar-refractivity contribution in [3.8, 4) is 0 Å². The Morgan fingerprint density at radius 3 is 2.26 bits per heavy atom. The quantitative estimate of drug-likeness (QED) is 0.592. The molecule has 1 fully saturated rings. The van der Waals surface area contributed by atoms with E-state index in [1.807, 2.05) is 39.8 Å². The molecule has 0 N–H and O–H groups in total. The van der Waals surface area contributed by atoms with Crippen LogP contribution in [-0.4, -0.2) is 29.1 Å². The Balaban J connectivity index is 1.81. The average Bonchev–Trinajstić information content (AvgIpc) is 3.02. The number of hydrogen-bond acceptors (Lipinski definition) is 5. The lowest BCUT2D eigenvalue weighted by molar-refractivity contribution is 0.00578. The molecule has 1 saturated heterocycles. The first-order valence-corrected chi connectivity index (χ1v) is 8.92. The van der Waals surface area contributed by atoms with Crippen LogP contribution in [0.25, 0.3) is 0 Å². The van der Waals surface area contributed by atoms with Gasteiger partial charge in [0.25, 0.3) is 0 Å². The van der Waals surface area contributed by atoms with E-state index in [1.165, 1.54) is 11.3 Å². The van der Waals surface area contributed by atoms with Crippen LogP contribution in [0.1, 0.15) is 43.1 Å². The minimum Gasteiger partial charge on any atom is -0.399 e. The van der Waals surface area contributed by atoms with Crippen molar-refractivity contribution in [3.63, 3.8) is 0 Å². The van der Waals surface area contributed by atoms with E-state index in [1.54, 1.807) is 18.3 Å². The summed E-state index contributed by atoms with van der Waals surface area (Å²) in [5.41, 5.74) is -0.197. The number of halogens is 1. The highest BCUT2D eigenvalue weighted by atomic mass is 79.9. The van der Waals surface area contributed by atoms with Gasteiger partial charge in [-0.25, -0.2) is 4.98 Å². The standard InChI is InChI=1S/C16H17BBrNO3S/c1-15(2)16(3,4)22-17(21-15)12-9-19-14(23-12)13(20)10-5-7-11(18)8-6-10/h5-9H,1-4H3. The zero-order valence-electron chi connectivity index (χ0n) is 13.4. The van der Waals surface area contributed by atoms with Gasteiger partial charge in [-0.1, -0.05) is 15.9 Å². The molecule has 0 saturated carbocycles. The van der Waals surface area contributed by atoms with Gasteiger partial charge in [0.15, 0.2) is 5.01 Å². The van der Waals surface area contributed by atoms with Crippen LogP contribution in [0, 0.1) is 0 Å². The molecule has 23 heavy (non-hydrogen) atoms. The predicted molar refractivity (Wildman–Crippen MR) is 95.4 cm³/mol. The number of benzene rings is 1. The molecule has 0 unspecified atom stereocenters. The monoisotopic (exact) mass is 393 g/mol. The van der Waals surface area contributed by atoms with Crippen molar-refractivity contribution in [2.75, 3.05) is 0 Å². The molecule has 0 amide bonds. The smallest absolute Gasteiger partial charge is 0.399 e. The summed E-state index contributed by atoms with van der Waals surface area (Å²) >= 11 is 4.68. The zero-order chi connectivity index (χ0) is 16.8. The first-order chi connectivity index (χ1) is 10.7. The fraction of sp³-hybridized carbons (Fsp3) is 0.375. The third-order valence-electron chi connectivity index (χ3n) is 4.31. The highest BCUT2D eigenvalue weighted by molar-refractivity contribution is 9.10. The number of nitrogens with zero attached hydrogens (tertiary/aromatic N) is 1. The lowest BCUT2D eigenvalue weighted by Crippen LogP contribution is -2.41. The molecular formula is C16H17BBrNO3S. The van der Waals surface area contributed by atoms with Gasteiger partial charge in [-0.05, 0) is 52.0 Å². The molecule has 0 spiro atoms. The first-order valence-electron chi connectivity index (χ1n) is 7.31. The second kappa shape index (κ2) is 5.81. The number of hydrogen-bond donors (Lipinski definition) is 0. The molecule has 2 heterocycles. The maximum atomic E-state index is 12.5. The Morgan fingerprint density at radius 1 is 1.13 bits per heavy atom. The molecular weight excluding hydrogens is 377 g/mol. The van der Waals surface area contributed by atoms with Gasteiger partial charge in [-0.15, -0.1) is 11.3 Å². The van der Waals surface area contributed by atoms with E-state index in [4.69, 9.17) is 9.31 Å². The molecule has 1 aromatic carbocycles. The lowest BCUT2D eigenvalue weighted by Gasteiger charge is -2.32. The molecule has 0 aliphatic carbocycles. The zero-order valence-corrected chi connectivity index (χ0v) is 15.8. The van der Waals surface area contributed by atoms with Gasteiger partial charge < -0.3 is 9.31 Å².